The van der Waals surface area contributed by atoms with Crippen molar-refractivity contribution >= 4 is 17.9 Å². The van der Waals surface area contributed by atoms with Crippen LogP contribution in [-0.4, -0.2) is 37.2 Å². The van der Waals surface area contributed by atoms with Gasteiger partial charge in [0.25, 0.3) is 0 Å². The zero-order valence-electron chi connectivity index (χ0n) is 40.2. The SMILES string of the molecule is CC\C=C/C=C\C=C/C=C\CCCCCCCC(=O)OC(COC(=O)CCCCCCC/C=C\CCCC)COC(=O)CCCCCCCCCCCCCCCCCCC. The summed E-state index contributed by atoms with van der Waals surface area (Å²) in [7, 11) is 0. The second kappa shape index (κ2) is 49.8. The normalized spacial score (nSPS) is 12.5. The highest BCUT2D eigenvalue weighted by atomic mass is 16.6. The van der Waals surface area contributed by atoms with E-state index < -0.39 is 6.10 Å². The van der Waals surface area contributed by atoms with Crippen LogP contribution in [0.25, 0.3) is 0 Å². The third kappa shape index (κ3) is 48.0. The summed E-state index contributed by atoms with van der Waals surface area (Å²) in [4.78, 5) is 37.9. The van der Waals surface area contributed by atoms with E-state index in [2.05, 4.69) is 63.3 Å². The third-order valence-electron chi connectivity index (χ3n) is 11.1. The molecule has 0 saturated heterocycles. The van der Waals surface area contributed by atoms with E-state index in [0.717, 1.165) is 89.9 Å². The zero-order chi connectivity index (χ0) is 44.4. The quantitative estimate of drug-likeness (QED) is 0.0200. The summed E-state index contributed by atoms with van der Waals surface area (Å²) in [6, 6.07) is 0. The molecule has 0 aliphatic carbocycles. The molecule has 0 aromatic carbocycles. The van der Waals surface area contributed by atoms with Gasteiger partial charge in [0, 0.05) is 19.3 Å². The molecule has 6 nitrogen and oxygen atoms in total. The molecule has 61 heavy (non-hydrogen) atoms. The van der Waals surface area contributed by atoms with E-state index >= 15 is 0 Å². The fraction of sp³-hybridized carbons (Fsp3) is 0.764. The number of hydrogen-bond acceptors (Lipinski definition) is 6. The van der Waals surface area contributed by atoms with Crippen molar-refractivity contribution in [1.82, 2.24) is 0 Å². The highest BCUT2D eigenvalue weighted by Crippen LogP contribution is 2.16. The standard InChI is InChI=1S/C55H96O6/c1-4-7-10-13-16-19-22-24-26-27-29-30-33-36-39-42-45-48-54(57)60-51-52(50-59-53(56)47-44-41-38-35-32-21-18-15-12-9-6-3)61-55(58)49-46-43-40-37-34-31-28-25-23-20-17-14-11-8-5-2/h8,11,14-15,17-18,20,23,25,28,52H,4-7,9-10,12-13,16,19,21-22,24,26-27,29-51H2,1-3H3/b11-8-,17-14-,18-15-,23-20-,28-25-. The Morgan fingerprint density at radius 3 is 1.10 bits per heavy atom. The van der Waals surface area contributed by atoms with E-state index in [9.17, 15) is 14.4 Å². The molecule has 0 saturated carbocycles. The van der Waals surface area contributed by atoms with Crippen LogP contribution in [0.3, 0.4) is 0 Å². The van der Waals surface area contributed by atoms with Crippen molar-refractivity contribution in [1.29, 1.82) is 0 Å². The summed E-state index contributed by atoms with van der Waals surface area (Å²) in [5.74, 6) is -0.913. The van der Waals surface area contributed by atoms with Gasteiger partial charge in [-0.3, -0.25) is 14.4 Å². The van der Waals surface area contributed by atoms with Crippen LogP contribution in [0.5, 0.6) is 0 Å². The maximum absolute atomic E-state index is 12.8. The van der Waals surface area contributed by atoms with Gasteiger partial charge in [0.15, 0.2) is 6.10 Å². The lowest BCUT2D eigenvalue weighted by molar-refractivity contribution is -0.167. The first-order chi connectivity index (χ1) is 30.0. The average Bonchev–Trinajstić information content (AvgIpc) is 3.26. The number of ether oxygens (including phenoxy) is 3. The lowest BCUT2D eigenvalue weighted by Crippen LogP contribution is -2.30. The first kappa shape index (κ1) is 58.1. The van der Waals surface area contributed by atoms with Gasteiger partial charge in [-0.1, -0.05) is 236 Å². The Labute approximate surface area is 377 Å². The van der Waals surface area contributed by atoms with Crippen LogP contribution in [0.4, 0.5) is 0 Å². The molecule has 0 aliphatic heterocycles. The van der Waals surface area contributed by atoms with Crippen molar-refractivity contribution < 1.29 is 28.6 Å². The van der Waals surface area contributed by atoms with Gasteiger partial charge in [-0.2, -0.15) is 0 Å². The number of unbranched alkanes of at least 4 members (excludes halogenated alkanes) is 28. The first-order valence-corrected chi connectivity index (χ1v) is 25.8. The summed E-state index contributed by atoms with van der Waals surface area (Å²) in [5.41, 5.74) is 0. The van der Waals surface area contributed by atoms with Gasteiger partial charge in [0.1, 0.15) is 13.2 Å². The predicted octanol–water partition coefficient (Wildman–Crippen LogP) is 16.9. The van der Waals surface area contributed by atoms with Crippen LogP contribution in [0.1, 0.15) is 252 Å². The Kier molecular flexibility index (Phi) is 47.4. The molecule has 0 fully saturated rings. The molecule has 0 rings (SSSR count). The summed E-state index contributed by atoms with van der Waals surface area (Å²) >= 11 is 0. The molecule has 0 aromatic heterocycles. The van der Waals surface area contributed by atoms with Crippen molar-refractivity contribution in [3.8, 4) is 0 Å². The summed E-state index contributed by atoms with van der Waals surface area (Å²) in [6.07, 6.45) is 60.6. The molecule has 0 heterocycles. The Morgan fingerprint density at radius 1 is 0.344 bits per heavy atom. The van der Waals surface area contributed by atoms with Crippen molar-refractivity contribution in [2.75, 3.05) is 13.2 Å². The molecule has 6 heteroatoms. The van der Waals surface area contributed by atoms with Crippen LogP contribution in [-0.2, 0) is 28.6 Å². The molecule has 0 aromatic rings. The van der Waals surface area contributed by atoms with E-state index in [1.54, 1.807) is 0 Å². The maximum atomic E-state index is 12.8. The maximum Gasteiger partial charge on any atom is 0.306 e. The van der Waals surface area contributed by atoms with Gasteiger partial charge in [0.2, 0.25) is 0 Å². The monoisotopic (exact) mass is 853 g/mol. The van der Waals surface area contributed by atoms with Crippen molar-refractivity contribution in [2.45, 2.75) is 258 Å². The lowest BCUT2D eigenvalue weighted by atomic mass is 10.0. The summed E-state index contributed by atoms with van der Waals surface area (Å²) in [6.45, 7) is 6.45. The largest absolute Gasteiger partial charge is 0.462 e. The molecule has 0 aliphatic rings. The van der Waals surface area contributed by atoms with E-state index in [4.69, 9.17) is 14.2 Å². The molecule has 1 unspecified atom stereocenters. The topological polar surface area (TPSA) is 78.9 Å². The van der Waals surface area contributed by atoms with Gasteiger partial charge in [0.05, 0.1) is 0 Å². The number of carbonyl (C=O) groups excluding carboxylic acids is 3. The molecular formula is C55H96O6. The third-order valence-corrected chi connectivity index (χ3v) is 11.1. The van der Waals surface area contributed by atoms with Gasteiger partial charge >= 0.3 is 17.9 Å². The highest BCUT2D eigenvalue weighted by molar-refractivity contribution is 5.71. The second-order valence-electron chi connectivity index (χ2n) is 17.1. The minimum atomic E-state index is -0.787. The van der Waals surface area contributed by atoms with Gasteiger partial charge in [-0.15, -0.1) is 0 Å². The van der Waals surface area contributed by atoms with Gasteiger partial charge in [-0.05, 0) is 57.8 Å². The Morgan fingerprint density at radius 2 is 0.672 bits per heavy atom. The molecule has 0 amide bonds. The van der Waals surface area contributed by atoms with E-state index in [1.165, 1.54) is 122 Å². The lowest BCUT2D eigenvalue weighted by Gasteiger charge is -2.18. The van der Waals surface area contributed by atoms with E-state index in [-0.39, 0.29) is 31.1 Å². The summed E-state index contributed by atoms with van der Waals surface area (Å²) < 4.78 is 16.8. The van der Waals surface area contributed by atoms with Crippen molar-refractivity contribution in [2.24, 2.45) is 0 Å². The molecule has 0 radical (unpaired) electrons. The average molecular weight is 853 g/mol. The fourth-order valence-electron chi connectivity index (χ4n) is 7.20. The molecular weight excluding hydrogens is 757 g/mol. The molecule has 0 bridgehead atoms. The first-order valence-electron chi connectivity index (χ1n) is 25.8. The fourth-order valence-corrected chi connectivity index (χ4v) is 7.20. The Hall–Kier alpha value is -2.89. The smallest absolute Gasteiger partial charge is 0.306 e. The number of rotatable bonds is 46. The Balaban J connectivity index is 4.38. The predicted molar refractivity (Wildman–Crippen MR) is 261 cm³/mol. The molecule has 352 valence electrons. The number of allylic oxidation sites excluding steroid dienone is 10. The highest BCUT2D eigenvalue weighted by Gasteiger charge is 2.19. The van der Waals surface area contributed by atoms with E-state index in [1.807, 2.05) is 18.2 Å². The molecule has 1 atom stereocenters. The minimum absolute atomic E-state index is 0.0847. The van der Waals surface area contributed by atoms with Crippen molar-refractivity contribution in [3.05, 3.63) is 60.8 Å². The van der Waals surface area contributed by atoms with Gasteiger partial charge < -0.3 is 14.2 Å². The van der Waals surface area contributed by atoms with Crippen LogP contribution < -0.4 is 0 Å². The summed E-state index contributed by atoms with van der Waals surface area (Å²) in [5, 5.41) is 0. The van der Waals surface area contributed by atoms with Crippen LogP contribution in [0, 0.1) is 0 Å². The van der Waals surface area contributed by atoms with E-state index in [0.29, 0.717) is 19.3 Å². The molecule has 0 N–H and O–H groups in total. The van der Waals surface area contributed by atoms with Gasteiger partial charge in [-0.25, -0.2) is 0 Å². The van der Waals surface area contributed by atoms with Crippen LogP contribution >= 0.6 is 0 Å². The number of hydrogen-bond donors (Lipinski definition) is 0. The molecule has 0 spiro atoms. The van der Waals surface area contributed by atoms with Crippen LogP contribution in [0.2, 0.25) is 0 Å². The minimum Gasteiger partial charge on any atom is -0.462 e. The Bertz CT molecular complexity index is 1120. The zero-order valence-corrected chi connectivity index (χ0v) is 40.2. The number of carbonyl (C=O) groups is 3. The second-order valence-corrected chi connectivity index (χ2v) is 17.1. The van der Waals surface area contributed by atoms with Crippen LogP contribution in [0.15, 0.2) is 60.8 Å². The van der Waals surface area contributed by atoms with Crippen molar-refractivity contribution in [3.63, 3.8) is 0 Å². The number of esters is 3.